The minimum atomic E-state index is -0.288. The Bertz CT molecular complexity index is 674. The van der Waals surface area contributed by atoms with Crippen LogP contribution in [0.2, 0.25) is 0 Å². The molecule has 4 nitrogen and oxygen atoms in total. The number of rotatable bonds is 9. The number of carbonyl (C=O) groups is 1. The van der Waals surface area contributed by atoms with Crippen molar-refractivity contribution in [3.63, 3.8) is 0 Å². The molecule has 1 amide bonds. The first-order valence-corrected chi connectivity index (χ1v) is 8.87. The second-order valence-electron chi connectivity index (χ2n) is 6.74. The molecular weight excluding hydrogens is 331 g/mol. The summed E-state index contributed by atoms with van der Waals surface area (Å²) in [7, 11) is 1.88. The van der Waals surface area contributed by atoms with E-state index in [4.69, 9.17) is 4.74 Å². The lowest BCUT2D eigenvalue weighted by Crippen LogP contribution is -2.40. The molecule has 1 atom stereocenters. The molecule has 5 heteroatoms. The molecule has 0 aliphatic rings. The number of nitrogens with one attached hydrogen (secondary N) is 1. The van der Waals surface area contributed by atoms with Gasteiger partial charge in [0.15, 0.2) is 0 Å². The second kappa shape index (κ2) is 9.92. The minimum absolute atomic E-state index is 0.00688. The summed E-state index contributed by atoms with van der Waals surface area (Å²) in [5, 5.41) is 3.11. The molecule has 2 aromatic rings. The van der Waals surface area contributed by atoms with E-state index in [1.54, 1.807) is 12.1 Å². The van der Waals surface area contributed by atoms with Crippen LogP contribution < -0.4 is 10.1 Å². The van der Waals surface area contributed by atoms with E-state index in [9.17, 15) is 9.18 Å². The van der Waals surface area contributed by atoms with Crippen molar-refractivity contribution in [3.8, 4) is 5.75 Å². The molecule has 0 heterocycles. The van der Waals surface area contributed by atoms with Gasteiger partial charge >= 0.3 is 0 Å². The molecule has 0 spiro atoms. The van der Waals surface area contributed by atoms with Crippen molar-refractivity contribution in [3.05, 3.63) is 66.0 Å². The standard InChI is InChI=1S/C21H27FN2O2/c1-16(2)21(17-7-5-4-6-8-17)23-20(25)15-24(3)13-14-26-19-11-9-18(22)10-12-19/h4-12,16,21H,13-15H2,1-3H3,(H,23,25). The van der Waals surface area contributed by atoms with Gasteiger partial charge in [0.2, 0.25) is 5.91 Å². The SMILES string of the molecule is CC(C)C(NC(=O)CN(C)CCOc1ccc(F)cc1)c1ccccc1. The van der Waals surface area contributed by atoms with E-state index in [1.807, 2.05) is 42.3 Å². The first-order chi connectivity index (χ1) is 12.5. The Balaban J connectivity index is 1.77. The highest BCUT2D eigenvalue weighted by atomic mass is 19.1. The third-order valence-corrected chi connectivity index (χ3v) is 4.11. The molecule has 0 aliphatic carbocycles. The Morgan fingerprint density at radius 1 is 1.12 bits per heavy atom. The fourth-order valence-electron chi connectivity index (χ4n) is 2.69. The van der Waals surface area contributed by atoms with Crippen molar-refractivity contribution in [1.82, 2.24) is 10.2 Å². The van der Waals surface area contributed by atoms with E-state index in [2.05, 4.69) is 19.2 Å². The zero-order chi connectivity index (χ0) is 18.9. The van der Waals surface area contributed by atoms with E-state index in [-0.39, 0.29) is 17.8 Å². The van der Waals surface area contributed by atoms with Crippen LogP contribution >= 0.6 is 0 Å². The van der Waals surface area contributed by atoms with Crippen LogP contribution in [0.15, 0.2) is 54.6 Å². The Morgan fingerprint density at radius 3 is 2.38 bits per heavy atom. The van der Waals surface area contributed by atoms with Gasteiger partial charge in [-0.2, -0.15) is 0 Å². The molecule has 2 aromatic carbocycles. The number of ether oxygens (including phenoxy) is 1. The molecule has 0 radical (unpaired) electrons. The van der Waals surface area contributed by atoms with Crippen LogP contribution in [0.25, 0.3) is 0 Å². The smallest absolute Gasteiger partial charge is 0.234 e. The highest BCUT2D eigenvalue weighted by Crippen LogP contribution is 2.21. The van der Waals surface area contributed by atoms with Crippen LogP contribution in [0, 0.1) is 11.7 Å². The number of likely N-dealkylation sites (N-methyl/N-ethyl adjacent to an activating group) is 1. The van der Waals surface area contributed by atoms with Crippen molar-refractivity contribution < 1.29 is 13.9 Å². The largest absolute Gasteiger partial charge is 0.492 e. The Morgan fingerprint density at radius 2 is 1.77 bits per heavy atom. The predicted molar refractivity (Wildman–Crippen MR) is 102 cm³/mol. The Kier molecular flexibility index (Phi) is 7.60. The predicted octanol–water partition coefficient (Wildman–Crippen LogP) is 3.65. The monoisotopic (exact) mass is 358 g/mol. The van der Waals surface area contributed by atoms with Gasteiger partial charge in [0, 0.05) is 6.54 Å². The number of halogens is 1. The third-order valence-electron chi connectivity index (χ3n) is 4.11. The molecule has 1 unspecified atom stereocenters. The zero-order valence-corrected chi connectivity index (χ0v) is 15.6. The molecule has 0 aliphatic heterocycles. The summed E-state index contributed by atoms with van der Waals surface area (Å²) in [6, 6.07) is 15.9. The molecule has 0 aromatic heterocycles. The molecule has 140 valence electrons. The van der Waals surface area contributed by atoms with Crippen LogP contribution in [0.5, 0.6) is 5.75 Å². The number of carbonyl (C=O) groups excluding carboxylic acids is 1. The van der Waals surface area contributed by atoms with Crippen molar-refractivity contribution in [1.29, 1.82) is 0 Å². The molecule has 0 bridgehead atoms. The van der Waals surface area contributed by atoms with Gasteiger partial charge in [-0.25, -0.2) is 4.39 Å². The summed E-state index contributed by atoms with van der Waals surface area (Å²) in [6.45, 7) is 5.52. The maximum absolute atomic E-state index is 12.9. The average molecular weight is 358 g/mol. The van der Waals surface area contributed by atoms with E-state index >= 15 is 0 Å². The van der Waals surface area contributed by atoms with Gasteiger partial charge < -0.3 is 10.1 Å². The third kappa shape index (κ3) is 6.48. The van der Waals surface area contributed by atoms with E-state index < -0.39 is 0 Å². The van der Waals surface area contributed by atoms with Crippen LogP contribution in [0.1, 0.15) is 25.5 Å². The summed E-state index contributed by atoms with van der Waals surface area (Å²) in [5.41, 5.74) is 1.11. The molecular formula is C21H27FN2O2. The lowest BCUT2D eigenvalue weighted by atomic mass is 9.96. The van der Waals surface area contributed by atoms with Crippen molar-refractivity contribution in [2.45, 2.75) is 19.9 Å². The normalized spacial score (nSPS) is 12.2. The molecule has 26 heavy (non-hydrogen) atoms. The maximum atomic E-state index is 12.9. The molecule has 1 N–H and O–H groups in total. The second-order valence-corrected chi connectivity index (χ2v) is 6.74. The number of hydrogen-bond donors (Lipinski definition) is 1. The first kappa shape index (κ1) is 19.9. The number of nitrogens with zero attached hydrogens (tertiary/aromatic N) is 1. The van der Waals surface area contributed by atoms with Crippen molar-refractivity contribution in [2.75, 3.05) is 26.7 Å². The summed E-state index contributed by atoms with van der Waals surface area (Å²) in [6.07, 6.45) is 0. The maximum Gasteiger partial charge on any atom is 0.234 e. The van der Waals surface area contributed by atoms with Crippen LogP contribution in [-0.2, 0) is 4.79 Å². The number of amides is 1. The fraction of sp³-hybridized carbons (Fsp3) is 0.381. The lowest BCUT2D eigenvalue weighted by molar-refractivity contribution is -0.123. The minimum Gasteiger partial charge on any atom is -0.492 e. The summed E-state index contributed by atoms with van der Waals surface area (Å²) in [5.74, 6) is 0.614. The van der Waals surface area contributed by atoms with Crippen molar-refractivity contribution in [2.24, 2.45) is 5.92 Å². The summed E-state index contributed by atoms with van der Waals surface area (Å²) in [4.78, 5) is 14.3. The Hall–Kier alpha value is -2.40. The van der Waals surface area contributed by atoms with Gasteiger partial charge in [-0.3, -0.25) is 9.69 Å². The van der Waals surface area contributed by atoms with Crippen LogP contribution in [0.3, 0.4) is 0 Å². The average Bonchev–Trinajstić information content (AvgIpc) is 2.62. The van der Waals surface area contributed by atoms with Gasteiger partial charge in [-0.05, 0) is 42.8 Å². The highest BCUT2D eigenvalue weighted by molar-refractivity contribution is 5.78. The van der Waals surface area contributed by atoms with E-state index in [0.29, 0.717) is 31.4 Å². The van der Waals surface area contributed by atoms with Crippen molar-refractivity contribution >= 4 is 5.91 Å². The summed E-state index contributed by atoms with van der Waals surface area (Å²) >= 11 is 0. The summed E-state index contributed by atoms with van der Waals surface area (Å²) < 4.78 is 18.4. The lowest BCUT2D eigenvalue weighted by Gasteiger charge is -2.24. The molecule has 0 fully saturated rings. The van der Waals surface area contributed by atoms with Gasteiger partial charge in [0.05, 0.1) is 12.6 Å². The molecule has 0 saturated heterocycles. The van der Waals surface area contributed by atoms with Crippen LogP contribution in [-0.4, -0.2) is 37.6 Å². The number of benzene rings is 2. The molecule has 2 rings (SSSR count). The molecule has 0 saturated carbocycles. The van der Waals surface area contributed by atoms with Gasteiger partial charge in [-0.1, -0.05) is 44.2 Å². The fourth-order valence-corrected chi connectivity index (χ4v) is 2.69. The van der Waals surface area contributed by atoms with Gasteiger partial charge in [-0.15, -0.1) is 0 Å². The first-order valence-electron chi connectivity index (χ1n) is 8.87. The number of hydrogen-bond acceptors (Lipinski definition) is 3. The van der Waals surface area contributed by atoms with Crippen LogP contribution in [0.4, 0.5) is 4.39 Å². The quantitative estimate of drug-likeness (QED) is 0.744. The van der Waals surface area contributed by atoms with Gasteiger partial charge in [0.25, 0.3) is 0 Å². The van der Waals surface area contributed by atoms with E-state index in [1.165, 1.54) is 12.1 Å². The van der Waals surface area contributed by atoms with E-state index in [0.717, 1.165) is 5.56 Å². The Labute approximate surface area is 155 Å². The zero-order valence-electron chi connectivity index (χ0n) is 15.6. The topological polar surface area (TPSA) is 41.6 Å². The highest BCUT2D eigenvalue weighted by Gasteiger charge is 2.18. The van der Waals surface area contributed by atoms with Gasteiger partial charge in [0.1, 0.15) is 18.2 Å².